The second-order valence-corrected chi connectivity index (χ2v) is 5.03. The van der Waals surface area contributed by atoms with Crippen LogP contribution in [0.2, 0.25) is 0 Å². The van der Waals surface area contributed by atoms with Crippen LogP contribution in [-0.4, -0.2) is 37.8 Å². The number of nitrogens with one attached hydrogen (secondary N) is 1. The minimum absolute atomic E-state index is 0.149. The Morgan fingerprint density at radius 2 is 2.16 bits per heavy atom. The molecule has 0 aliphatic heterocycles. The highest BCUT2D eigenvalue weighted by atomic mass is 79.9. The van der Waals surface area contributed by atoms with Crippen molar-refractivity contribution in [2.75, 3.05) is 31.1 Å². The number of rotatable bonds is 8. The lowest BCUT2D eigenvalue weighted by atomic mass is 10.1. The number of anilines is 1. The van der Waals surface area contributed by atoms with Crippen LogP contribution in [0.5, 0.6) is 0 Å². The van der Waals surface area contributed by atoms with Gasteiger partial charge in [0.15, 0.2) is 0 Å². The first kappa shape index (κ1) is 16.3. The van der Waals surface area contributed by atoms with Gasteiger partial charge in [-0.3, -0.25) is 0 Å². The van der Waals surface area contributed by atoms with Crippen molar-refractivity contribution in [3.8, 4) is 0 Å². The first-order valence-electron chi connectivity index (χ1n) is 6.21. The Bertz CT molecular complexity index is 391. The maximum atomic E-state index is 12.6. The van der Waals surface area contributed by atoms with Gasteiger partial charge < -0.3 is 15.3 Å². The highest BCUT2D eigenvalue weighted by Gasteiger charge is 2.15. The molecule has 0 aromatic heterocycles. The van der Waals surface area contributed by atoms with E-state index in [1.807, 2.05) is 19.1 Å². The van der Waals surface area contributed by atoms with E-state index >= 15 is 0 Å². The van der Waals surface area contributed by atoms with Gasteiger partial charge in [-0.05, 0) is 30.3 Å². The first-order valence-corrected chi connectivity index (χ1v) is 7.00. The molecule has 0 radical (unpaired) electrons. The minimum atomic E-state index is -2.43. The molecule has 3 nitrogen and oxygen atoms in total. The molecular weight excluding hydrogens is 318 g/mol. The predicted octanol–water partition coefficient (Wildman–Crippen LogP) is 2.62. The van der Waals surface area contributed by atoms with Gasteiger partial charge in [-0.1, -0.05) is 22.9 Å². The van der Waals surface area contributed by atoms with E-state index in [-0.39, 0.29) is 19.7 Å². The summed E-state index contributed by atoms with van der Waals surface area (Å²) >= 11 is 3.38. The molecule has 0 amide bonds. The van der Waals surface area contributed by atoms with Crippen LogP contribution in [-0.2, 0) is 6.54 Å². The van der Waals surface area contributed by atoms with Gasteiger partial charge in [0.2, 0.25) is 0 Å². The molecule has 6 heteroatoms. The van der Waals surface area contributed by atoms with Crippen LogP contribution in [0.4, 0.5) is 14.5 Å². The maximum absolute atomic E-state index is 12.6. The molecule has 0 saturated carbocycles. The third-order valence-corrected chi connectivity index (χ3v) is 3.17. The molecule has 0 atom stereocenters. The van der Waals surface area contributed by atoms with Crippen LogP contribution in [0, 0.1) is 0 Å². The second-order valence-electron chi connectivity index (χ2n) is 4.11. The van der Waals surface area contributed by atoms with Crippen LogP contribution in [0.1, 0.15) is 12.5 Å². The van der Waals surface area contributed by atoms with E-state index in [9.17, 15) is 8.78 Å². The predicted molar refractivity (Wildman–Crippen MR) is 76.8 cm³/mol. The fourth-order valence-corrected chi connectivity index (χ4v) is 2.27. The summed E-state index contributed by atoms with van der Waals surface area (Å²) in [6.07, 6.45) is -2.43. The summed E-state index contributed by atoms with van der Waals surface area (Å²) < 4.78 is 26.1. The average molecular weight is 337 g/mol. The Kier molecular flexibility index (Phi) is 7.27. The van der Waals surface area contributed by atoms with E-state index in [0.717, 1.165) is 22.3 Å². The minimum Gasteiger partial charge on any atom is -0.395 e. The van der Waals surface area contributed by atoms with Crippen LogP contribution >= 0.6 is 15.9 Å². The van der Waals surface area contributed by atoms with Gasteiger partial charge in [0.05, 0.1) is 13.2 Å². The normalized spacial score (nSPS) is 11.1. The molecule has 0 unspecified atom stereocenters. The lowest BCUT2D eigenvalue weighted by molar-refractivity contribution is 0.152. The molecule has 0 saturated heterocycles. The summed E-state index contributed by atoms with van der Waals surface area (Å²) in [4.78, 5) is 1.52. The van der Waals surface area contributed by atoms with Crippen LogP contribution in [0.3, 0.4) is 0 Å². The molecule has 0 spiro atoms. The van der Waals surface area contributed by atoms with Gasteiger partial charge in [-0.2, -0.15) is 0 Å². The lowest BCUT2D eigenvalue weighted by Gasteiger charge is -2.26. The van der Waals surface area contributed by atoms with Crippen LogP contribution in [0.15, 0.2) is 22.7 Å². The van der Waals surface area contributed by atoms with E-state index in [0.29, 0.717) is 6.54 Å². The number of hydrogen-bond donors (Lipinski definition) is 2. The zero-order chi connectivity index (χ0) is 14.3. The molecule has 0 aliphatic rings. The topological polar surface area (TPSA) is 35.5 Å². The van der Waals surface area contributed by atoms with Gasteiger partial charge in [-0.15, -0.1) is 0 Å². The molecular formula is C13H19BrF2N2O. The molecule has 2 N–H and O–H groups in total. The first-order chi connectivity index (χ1) is 9.08. The zero-order valence-electron chi connectivity index (χ0n) is 10.9. The fourth-order valence-electron chi connectivity index (χ4n) is 1.86. The lowest BCUT2D eigenvalue weighted by Crippen LogP contribution is -2.32. The van der Waals surface area contributed by atoms with E-state index in [4.69, 9.17) is 5.11 Å². The maximum Gasteiger partial charge on any atom is 0.255 e. The Hall–Kier alpha value is -0.720. The molecule has 108 valence electrons. The van der Waals surface area contributed by atoms with E-state index in [2.05, 4.69) is 21.2 Å². The zero-order valence-corrected chi connectivity index (χ0v) is 12.5. The van der Waals surface area contributed by atoms with Crippen molar-refractivity contribution in [2.24, 2.45) is 0 Å². The van der Waals surface area contributed by atoms with Crippen molar-refractivity contribution < 1.29 is 13.9 Å². The Balaban J connectivity index is 2.98. The average Bonchev–Trinajstić information content (AvgIpc) is 2.35. The summed E-state index contributed by atoms with van der Waals surface area (Å²) in [5, 5.41) is 12.2. The highest BCUT2D eigenvalue weighted by molar-refractivity contribution is 9.10. The van der Waals surface area contributed by atoms with Gasteiger partial charge in [-0.25, -0.2) is 8.78 Å². The third-order valence-electron chi connectivity index (χ3n) is 2.68. The molecule has 0 fully saturated rings. The number of aliphatic hydroxyl groups excluding tert-OH is 1. The largest absolute Gasteiger partial charge is 0.395 e. The van der Waals surface area contributed by atoms with Crippen molar-refractivity contribution in [3.05, 3.63) is 28.2 Å². The SMILES string of the molecule is CCNCc1cc(Br)ccc1N(CCO)CC(F)F. The Morgan fingerprint density at radius 1 is 1.42 bits per heavy atom. The number of alkyl halides is 2. The van der Waals surface area contributed by atoms with Crippen molar-refractivity contribution in [1.29, 1.82) is 0 Å². The molecule has 19 heavy (non-hydrogen) atoms. The number of benzene rings is 1. The monoisotopic (exact) mass is 336 g/mol. The summed E-state index contributed by atoms with van der Waals surface area (Å²) in [6.45, 7) is 3.08. The van der Waals surface area contributed by atoms with Gasteiger partial charge in [0.25, 0.3) is 6.43 Å². The Labute approximate surface area is 120 Å². The number of halogens is 3. The van der Waals surface area contributed by atoms with Gasteiger partial charge in [0, 0.05) is 23.2 Å². The molecule has 0 bridgehead atoms. The summed E-state index contributed by atoms with van der Waals surface area (Å²) in [6, 6.07) is 5.53. The Morgan fingerprint density at radius 3 is 2.74 bits per heavy atom. The van der Waals surface area contributed by atoms with Crippen molar-refractivity contribution in [1.82, 2.24) is 5.32 Å². The number of hydrogen-bond acceptors (Lipinski definition) is 3. The van der Waals surface area contributed by atoms with Crippen LogP contribution in [0.25, 0.3) is 0 Å². The van der Waals surface area contributed by atoms with Gasteiger partial charge >= 0.3 is 0 Å². The number of nitrogens with zero attached hydrogens (tertiary/aromatic N) is 1. The summed E-state index contributed by atoms with van der Waals surface area (Å²) in [5.41, 5.74) is 1.67. The summed E-state index contributed by atoms with van der Waals surface area (Å²) in [7, 11) is 0. The molecule has 0 aliphatic carbocycles. The van der Waals surface area contributed by atoms with E-state index < -0.39 is 6.43 Å². The van der Waals surface area contributed by atoms with Gasteiger partial charge in [0.1, 0.15) is 0 Å². The van der Waals surface area contributed by atoms with E-state index in [1.165, 1.54) is 4.90 Å². The molecule has 1 aromatic rings. The molecule has 1 rings (SSSR count). The van der Waals surface area contributed by atoms with Crippen molar-refractivity contribution >= 4 is 21.6 Å². The number of aliphatic hydroxyl groups is 1. The third kappa shape index (κ3) is 5.42. The standard InChI is InChI=1S/C13H19BrF2N2O/c1-2-17-8-10-7-11(14)3-4-12(10)18(5-6-19)9-13(15)16/h3-4,7,13,17,19H,2,5-6,8-9H2,1H3. The fraction of sp³-hybridized carbons (Fsp3) is 0.538. The van der Waals surface area contributed by atoms with E-state index in [1.54, 1.807) is 6.07 Å². The van der Waals surface area contributed by atoms with Crippen LogP contribution < -0.4 is 10.2 Å². The molecule has 0 heterocycles. The van der Waals surface area contributed by atoms with Crippen molar-refractivity contribution in [2.45, 2.75) is 19.9 Å². The highest BCUT2D eigenvalue weighted by Crippen LogP contribution is 2.25. The second kappa shape index (κ2) is 8.45. The van der Waals surface area contributed by atoms with Crippen molar-refractivity contribution in [3.63, 3.8) is 0 Å². The smallest absolute Gasteiger partial charge is 0.255 e. The quantitative estimate of drug-likeness (QED) is 0.766. The molecule has 1 aromatic carbocycles. The summed E-state index contributed by atoms with van der Waals surface area (Å²) in [5.74, 6) is 0.